The van der Waals surface area contributed by atoms with Gasteiger partial charge in [0, 0.05) is 30.0 Å². The largest absolute Gasteiger partial charge is 0.339 e. The van der Waals surface area contributed by atoms with Gasteiger partial charge in [0.05, 0.1) is 0 Å². The molecule has 1 fully saturated rings. The van der Waals surface area contributed by atoms with Crippen molar-refractivity contribution in [2.45, 2.75) is 25.3 Å². The fourth-order valence-corrected chi connectivity index (χ4v) is 2.67. The summed E-state index contributed by atoms with van der Waals surface area (Å²) in [7, 11) is 0. The number of nitrogens with zero attached hydrogens (tertiary/aromatic N) is 3. The number of anilines is 1. The first-order valence-corrected chi connectivity index (χ1v) is 7.66. The van der Waals surface area contributed by atoms with Crippen LogP contribution in [0.1, 0.15) is 24.2 Å². The molecule has 2 aromatic rings. The fourth-order valence-electron chi connectivity index (χ4n) is 2.40. The smallest absolute Gasteiger partial charge is 0.244 e. The van der Waals surface area contributed by atoms with Crippen LogP contribution in [0.15, 0.2) is 28.7 Å². The van der Waals surface area contributed by atoms with Crippen molar-refractivity contribution in [1.82, 2.24) is 15.2 Å². The van der Waals surface area contributed by atoms with Gasteiger partial charge in [-0.05, 0) is 30.5 Å². The van der Waals surface area contributed by atoms with Gasteiger partial charge >= 0.3 is 0 Å². The Labute approximate surface area is 126 Å². The maximum Gasteiger partial charge on any atom is 0.244 e. The zero-order valence-corrected chi connectivity index (χ0v) is 12.8. The molecule has 0 aliphatic carbocycles. The van der Waals surface area contributed by atoms with E-state index in [1.54, 1.807) is 0 Å². The van der Waals surface area contributed by atoms with E-state index in [0.29, 0.717) is 6.04 Å². The van der Waals surface area contributed by atoms with Crippen molar-refractivity contribution in [2.75, 3.05) is 18.0 Å². The Bertz CT molecular complexity index is 557. The van der Waals surface area contributed by atoms with E-state index < -0.39 is 0 Å². The minimum atomic E-state index is 0.326. The van der Waals surface area contributed by atoms with Crippen molar-refractivity contribution in [3.8, 4) is 0 Å². The van der Waals surface area contributed by atoms with Gasteiger partial charge in [0.2, 0.25) is 5.95 Å². The molecule has 1 aliphatic rings. The third-order valence-corrected chi connectivity index (χ3v) is 4.16. The lowest BCUT2D eigenvalue weighted by atomic mass is 10.1. The van der Waals surface area contributed by atoms with Gasteiger partial charge in [-0.15, -0.1) is 5.10 Å². The molecule has 0 amide bonds. The molecular formula is C14H18BrN5. The highest BCUT2D eigenvalue weighted by atomic mass is 79.9. The number of rotatable bonds is 3. The van der Waals surface area contributed by atoms with Gasteiger partial charge in [-0.2, -0.15) is 4.98 Å². The molecule has 1 aliphatic heterocycles. The van der Waals surface area contributed by atoms with Crippen molar-refractivity contribution < 1.29 is 0 Å². The Kier molecular flexibility index (Phi) is 4.03. The molecule has 0 bridgehead atoms. The third kappa shape index (κ3) is 3.19. The maximum atomic E-state index is 5.92. The second kappa shape index (κ2) is 5.93. The summed E-state index contributed by atoms with van der Waals surface area (Å²) in [6.45, 7) is 1.88. The number of nitrogens with two attached hydrogens (primary N) is 1. The van der Waals surface area contributed by atoms with E-state index in [1.165, 1.54) is 5.56 Å². The van der Waals surface area contributed by atoms with Crippen molar-refractivity contribution >= 4 is 21.9 Å². The summed E-state index contributed by atoms with van der Waals surface area (Å²) in [6.07, 6.45) is 2.79. The number of hydrogen-bond donors (Lipinski definition) is 2. The topological polar surface area (TPSA) is 70.8 Å². The van der Waals surface area contributed by atoms with Crippen LogP contribution < -0.4 is 10.6 Å². The van der Waals surface area contributed by atoms with Crippen LogP contribution >= 0.6 is 15.9 Å². The summed E-state index contributed by atoms with van der Waals surface area (Å²) in [5.74, 6) is 1.70. The molecule has 0 radical (unpaired) electrons. The van der Waals surface area contributed by atoms with Gasteiger partial charge in [0.15, 0.2) is 0 Å². The highest BCUT2D eigenvalue weighted by Gasteiger charge is 2.19. The normalized spacial score (nSPS) is 16.6. The standard InChI is InChI=1S/C14H18BrN5/c15-11-3-1-10(2-4-11)9-13-17-14(19-18-13)20-7-5-12(16)6-8-20/h1-4,12H,5-9,16H2,(H,17,18,19). The van der Waals surface area contributed by atoms with Crippen LogP contribution in [0.2, 0.25) is 0 Å². The molecule has 3 rings (SSSR count). The molecule has 0 spiro atoms. The summed E-state index contributed by atoms with van der Waals surface area (Å²) in [5, 5.41) is 7.35. The second-order valence-electron chi connectivity index (χ2n) is 5.21. The average molecular weight is 336 g/mol. The van der Waals surface area contributed by atoms with E-state index in [9.17, 15) is 0 Å². The second-order valence-corrected chi connectivity index (χ2v) is 6.13. The summed E-state index contributed by atoms with van der Waals surface area (Å²) in [6, 6.07) is 8.59. The highest BCUT2D eigenvalue weighted by Crippen LogP contribution is 2.17. The lowest BCUT2D eigenvalue weighted by molar-refractivity contribution is 0.496. The lowest BCUT2D eigenvalue weighted by Crippen LogP contribution is -2.40. The molecule has 1 aromatic heterocycles. The Morgan fingerprint density at radius 1 is 1.25 bits per heavy atom. The van der Waals surface area contributed by atoms with Crippen LogP contribution in [-0.2, 0) is 6.42 Å². The first-order valence-electron chi connectivity index (χ1n) is 6.87. The van der Waals surface area contributed by atoms with Crippen molar-refractivity contribution in [3.63, 3.8) is 0 Å². The fraction of sp³-hybridized carbons (Fsp3) is 0.429. The number of aromatic nitrogens is 3. The van der Waals surface area contributed by atoms with Crippen molar-refractivity contribution in [3.05, 3.63) is 40.1 Å². The Morgan fingerprint density at radius 3 is 2.65 bits per heavy atom. The monoisotopic (exact) mass is 335 g/mol. The van der Waals surface area contributed by atoms with E-state index >= 15 is 0 Å². The quantitative estimate of drug-likeness (QED) is 0.900. The van der Waals surface area contributed by atoms with Crippen LogP contribution in [0, 0.1) is 0 Å². The van der Waals surface area contributed by atoms with Gasteiger partial charge in [0.1, 0.15) is 5.82 Å². The number of nitrogens with one attached hydrogen (secondary N) is 1. The molecule has 0 unspecified atom stereocenters. The van der Waals surface area contributed by atoms with E-state index in [0.717, 1.165) is 48.6 Å². The number of hydrogen-bond acceptors (Lipinski definition) is 4. The van der Waals surface area contributed by atoms with Crippen LogP contribution in [0.3, 0.4) is 0 Å². The number of halogens is 1. The van der Waals surface area contributed by atoms with E-state index in [1.807, 2.05) is 12.1 Å². The molecule has 2 heterocycles. The average Bonchev–Trinajstić information content (AvgIpc) is 2.91. The predicted octanol–water partition coefficient (Wildman–Crippen LogP) is 2.09. The number of benzene rings is 1. The summed E-state index contributed by atoms with van der Waals surface area (Å²) >= 11 is 3.44. The number of aromatic amines is 1. The third-order valence-electron chi connectivity index (χ3n) is 3.63. The van der Waals surface area contributed by atoms with Gasteiger partial charge in [0.25, 0.3) is 0 Å². The van der Waals surface area contributed by atoms with E-state index in [4.69, 9.17) is 5.73 Å². The summed E-state index contributed by atoms with van der Waals surface area (Å²) < 4.78 is 1.09. The van der Waals surface area contributed by atoms with Crippen LogP contribution in [0.5, 0.6) is 0 Å². The molecule has 6 heteroatoms. The first-order chi connectivity index (χ1) is 9.70. The molecule has 20 heavy (non-hydrogen) atoms. The van der Waals surface area contributed by atoms with Gasteiger partial charge in [-0.25, -0.2) is 0 Å². The Balaban J connectivity index is 1.66. The van der Waals surface area contributed by atoms with Crippen molar-refractivity contribution in [1.29, 1.82) is 0 Å². The van der Waals surface area contributed by atoms with E-state index in [-0.39, 0.29) is 0 Å². The lowest BCUT2D eigenvalue weighted by Gasteiger charge is -2.28. The maximum absolute atomic E-state index is 5.92. The molecule has 1 aromatic carbocycles. The van der Waals surface area contributed by atoms with Crippen LogP contribution in [-0.4, -0.2) is 34.3 Å². The minimum Gasteiger partial charge on any atom is -0.339 e. The number of piperidine rings is 1. The van der Waals surface area contributed by atoms with Gasteiger partial charge in [-0.3, -0.25) is 5.10 Å². The SMILES string of the molecule is NC1CCN(c2n[nH]c(Cc3ccc(Br)cc3)n2)CC1. The Morgan fingerprint density at radius 2 is 1.95 bits per heavy atom. The number of H-pyrrole nitrogens is 1. The predicted molar refractivity (Wildman–Crippen MR) is 82.8 cm³/mol. The first kappa shape index (κ1) is 13.6. The van der Waals surface area contributed by atoms with Gasteiger partial charge in [-0.1, -0.05) is 28.1 Å². The van der Waals surface area contributed by atoms with Crippen LogP contribution in [0.25, 0.3) is 0 Å². The molecule has 5 nitrogen and oxygen atoms in total. The van der Waals surface area contributed by atoms with E-state index in [2.05, 4.69) is 48.1 Å². The van der Waals surface area contributed by atoms with Crippen molar-refractivity contribution in [2.24, 2.45) is 5.73 Å². The molecule has 0 atom stereocenters. The molecule has 1 saturated heterocycles. The summed E-state index contributed by atoms with van der Waals surface area (Å²) in [4.78, 5) is 6.78. The minimum absolute atomic E-state index is 0.326. The summed E-state index contributed by atoms with van der Waals surface area (Å²) in [5.41, 5.74) is 7.13. The molecule has 106 valence electrons. The molecule has 0 saturated carbocycles. The highest BCUT2D eigenvalue weighted by molar-refractivity contribution is 9.10. The zero-order valence-electron chi connectivity index (χ0n) is 11.2. The Hall–Kier alpha value is -1.40. The molecule has 3 N–H and O–H groups in total. The van der Waals surface area contributed by atoms with Crippen LogP contribution in [0.4, 0.5) is 5.95 Å². The zero-order chi connectivity index (χ0) is 13.9. The molecular weight excluding hydrogens is 318 g/mol. The van der Waals surface area contributed by atoms with Gasteiger partial charge < -0.3 is 10.6 Å².